The van der Waals surface area contributed by atoms with Crippen molar-refractivity contribution in [3.8, 4) is 5.75 Å². The van der Waals surface area contributed by atoms with Crippen LogP contribution in [0.2, 0.25) is 0 Å². The van der Waals surface area contributed by atoms with Crippen molar-refractivity contribution in [3.05, 3.63) is 89.0 Å². The molecule has 0 saturated heterocycles. The number of carbonyl (C=O) groups is 1. The number of aryl methyl sites for hydroxylation is 3. The van der Waals surface area contributed by atoms with Crippen molar-refractivity contribution in [1.29, 1.82) is 0 Å². The molecule has 150 valence electrons. The van der Waals surface area contributed by atoms with Gasteiger partial charge < -0.3 is 15.4 Å². The molecule has 4 heteroatoms. The van der Waals surface area contributed by atoms with Gasteiger partial charge in [0.2, 0.25) is 5.91 Å². The molecule has 0 heterocycles. The van der Waals surface area contributed by atoms with E-state index in [0.29, 0.717) is 6.61 Å². The molecule has 3 rings (SSSR count). The molecule has 0 fully saturated rings. The van der Waals surface area contributed by atoms with Crippen molar-refractivity contribution < 1.29 is 9.53 Å². The van der Waals surface area contributed by atoms with E-state index in [2.05, 4.69) is 29.7 Å². The molecule has 4 nitrogen and oxygen atoms in total. The van der Waals surface area contributed by atoms with Crippen LogP contribution in [0.3, 0.4) is 0 Å². The van der Waals surface area contributed by atoms with E-state index < -0.39 is 0 Å². The van der Waals surface area contributed by atoms with Gasteiger partial charge in [0.05, 0.1) is 0 Å². The standard InChI is InChI=1S/C25H28N2O2/c1-17-14-18(2)24(19(3)15-17)27-25(28)20(4)26-22-10-12-23(13-11-22)29-16-21-8-6-5-7-9-21/h5-15,20,26H,16H2,1-4H3,(H,27,28)/t20-/m0/s1. The van der Waals surface area contributed by atoms with E-state index in [9.17, 15) is 4.79 Å². The number of benzene rings is 3. The Hall–Kier alpha value is -3.27. The fraction of sp³-hybridized carbons (Fsp3) is 0.240. The highest BCUT2D eigenvalue weighted by atomic mass is 16.5. The van der Waals surface area contributed by atoms with Crippen LogP contribution in [-0.2, 0) is 11.4 Å². The molecule has 0 spiro atoms. The Bertz CT molecular complexity index is 943. The van der Waals surface area contributed by atoms with Crippen molar-refractivity contribution in [2.75, 3.05) is 10.6 Å². The molecule has 0 unspecified atom stereocenters. The molecule has 3 aromatic carbocycles. The van der Waals surface area contributed by atoms with Gasteiger partial charge in [-0.15, -0.1) is 0 Å². The third kappa shape index (κ3) is 5.61. The molecular weight excluding hydrogens is 360 g/mol. The smallest absolute Gasteiger partial charge is 0.246 e. The molecule has 0 aliphatic heterocycles. The summed E-state index contributed by atoms with van der Waals surface area (Å²) in [6, 6.07) is 21.5. The SMILES string of the molecule is Cc1cc(C)c(NC(=O)[C@H](C)Nc2ccc(OCc3ccccc3)cc2)c(C)c1. The first-order chi connectivity index (χ1) is 13.9. The maximum atomic E-state index is 12.6. The van der Waals surface area contributed by atoms with Crippen molar-refractivity contribution in [2.24, 2.45) is 0 Å². The summed E-state index contributed by atoms with van der Waals surface area (Å²) < 4.78 is 5.81. The lowest BCUT2D eigenvalue weighted by molar-refractivity contribution is -0.116. The van der Waals surface area contributed by atoms with Gasteiger partial charge in [0.25, 0.3) is 0 Å². The van der Waals surface area contributed by atoms with Crippen molar-refractivity contribution in [2.45, 2.75) is 40.3 Å². The Morgan fingerprint density at radius 2 is 1.55 bits per heavy atom. The quantitative estimate of drug-likeness (QED) is 0.551. The zero-order valence-corrected chi connectivity index (χ0v) is 17.5. The number of hydrogen-bond acceptors (Lipinski definition) is 3. The number of carbonyl (C=O) groups excluding carboxylic acids is 1. The number of hydrogen-bond donors (Lipinski definition) is 2. The van der Waals surface area contributed by atoms with Gasteiger partial charge in [-0.2, -0.15) is 0 Å². The second kappa shape index (κ2) is 9.28. The Morgan fingerprint density at radius 3 is 2.17 bits per heavy atom. The fourth-order valence-corrected chi connectivity index (χ4v) is 3.31. The van der Waals surface area contributed by atoms with Crippen LogP contribution in [0.25, 0.3) is 0 Å². The molecule has 2 N–H and O–H groups in total. The van der Waals surface area contributed by atoms with Crippen LogP contribution in [0.1, 0.15) is 29.2 Å². The van der Waals surface area contributed by atoms with Gasteiger partial charge in [-0.3, -0.25) is 4.79 Å². The molecule has 1 atom stereocenters. The second-order valence-corrected chi connectivity index (χ2v) is 7.43. The fourth-order valence-electron chi connectivity index (χ4n) is 3.31. The molecule has 1 amide bonds. The predicted octanol–water partition coefficient (Wildman–Crippen LogP) is 5.63. The molecule has 0 radical (unpaired) electrons. The van der Waals surface area contributed by atoms with Gasteiger partial charge >= 0.3 is 0 Å². The molecule has 0 aliphatic rings. The summed E-state index contributed by atoms with van der Waals surface area (Å²) in [4.78, 5) is 12.6. The third-order valence-electron chi connectivity index (χ3n) is 4.80. The van der Waals surface area contributed by atoms with Gasteiger partial charge in [0.1, 0.15) is 18.4 Å². The highest BCUT2D eigenvalue weighted by molar-refractivity contribution is 5.97. The van der Waals surface area contributed by atoms with Crippen LogP contribution < -0.4 is 15.4 Å². The Balaban J connectivity index is 1.56. The second-order valence-electron chi connectivity index (χ2n) is 7.43. The molecule has 3 aromatic rings. The van der Waals surface area contributed by atoms with Gasteiger partial charge in [0.15, 0.2) is 0 Å². The molecule has 0 saturated carbocycles. The van der Waals surface area contributed by atoms with Crippen LogP contribution in [0.4, 0.5) is 11.4 Å². The number of nitrogens with one attached hydrogen (secondary N) is 2. The Kier molecular flexibility index (Phi) is 6.55. The van der Waals surface area contributed by atoms with E-state index >= 15 is 0 Å². The maximum Gasteiger partial charge on any atom is 0.246 e. The van der Waals surface area contributed by atoms with Crippen molar-refractivity contribution in [3.63, 3.8) is 0 Å². The lowest BCUT2D eigenvalue weighted by Crippen LogP contribution is -2.32. The number of rotatable bonds is 7. The monoisotopic (exact) mass is 388 g/mol. The average molecular weight is 389 g/mol. The van der Waals surface area contributed by atoms with Gasteiger partial charge in [0, 0.05) is 11.4 Å². The number of anilines is 2. The summed E-state index contributed by atoms with van der Waals surface area (Å²) in [6.07, 6.45) is 0. The molecule has 0 bridgehead atoms. The van der Waals surface area contributed by atoms with Gasteiger partial charge in [-0.05, 0) is 68.7 Å². The predicted molar refractivity (Wildman–Crippen MR) is 120 cm³/mol. The molecule has 29 heavy (non-hydrogen) atoms. The Labute approximate surface area is 172 Å². The van der Waals surface area contributed by atoms with E-state index in [0.717, 1.165) is 33.8 Å². The minimum absolute atomic E-state index is 0.0653. The lowest BCUT2D eigenvalue weighted by Gasteiger charge is -2.18. The van der Waals surface area contributed by atoms with Crippen LogP contribution in [0.15, 0.2) is 66.7 Å². The molecule has 0 aliphatic carbocycles. The minimum Gasteiger partial charge on any atom is -0.489 e. The highest BCUT2D eigenvalue weighted by Crippen LogP contribution is 2.23. The van der Waals surface area contributed by atoms with Crippen LogP contribution >= 0.6 is 0 Å². The zero-order chi connectivity index (χ0) is 20.8. The van der Waals surface area contributed by atoms with Crippen LogP contribution in [0, 0.1) is 20.8 Å². The van der Waals surface area contributed by atoms with Crippen molar-refractivity contribution >= 4 is 17.3 Å². The van der Waals surface area contributed by atoms with Gasteiger partial charge in [-0.25, -0.2) is 0 Å². The maximum absolute atomic E-state index is 12.6. The first-order valence-electron chi connectivity index (χ1n) is 9.84. The molecule has 0 aromatic heterocycles. The topological polar surface area (TPSA) is 50.4 Å². The number of ether oxygens (including phenoxy) is 1. The van der Waals surface area contributed by atoms with Gasteiger partial charge in [-0.1, -0.05) is 48.0 Å². The first kappa shape index (κ1) is 20.5. The minimum atomic E-state index is -0.369. The highest BCUT2D eigenvalue weighted by Gasteiger charge is 2.15. The van der Waals surface area contributed by atoms with Crippen LogP contribution in [-0.4, -0.2) is 11.9 Å². The first-order valence-corrected chi connectivity index (χ1v) is 9.84. The normalized spacial score (nSPS) is 11.6. The lowest BCUT2D eigenvalue weighted by atomic mass is 10.0. The van der Waals surface area contributed by atoms with E-state index in [1.807, 2.05) is 75.4 Å². The summed E-state index contributed by atoms with van der Waals surface area (Å²) >= 11 is 0. The number of amides is 1. The van der Waals surface area contributed by atoms with Crippen molar-refractivity contribution in [1.82, 2.24) is 0 Å². The van der Waals surface area contributed by atoms with Crippen LogP contribution in [0.5, 0.6) is 5.75 Å². The van der Waals surface area contributed by atoms with E-state index in [4.69, 9.17) is 4.74 Å². The molecular formula is C25H28N2O2. The van der Waals surface area contributed by atoms with E-state index in [1.165, 1.54) is 5.56 Å². The third-order valence-corrected chi connectivity index (χ3v) is 4.80. The van der Waals surface area contributed by atoms with E-state index in [1.54, 1.807) is 0 Å². The summed E-state index contributed by atoms with van der Waals surface area (Å²) in [7, 11) is 0. The zero-order valence-electron chi connectivity index (χ0n) is 17.5. The van der Waals surface area contributed by atoms with E-state index in [-0.39, 0.29) is 11.9 Å². The Morgan fingerprint density at radius 1 is 0.931 bits per heavy atom. The summed E-state index contributed by atoms with van der Waals surface area (Å²) in [5, 5.41) is 6.30. The summed E-state index contributed by atoms with van der Waals surface area (Å²) in [5.74, 6) is 0.729. The summed E-state index contributed by atoms with van der Waals surface area (Å²) in [6.45, 7) is 8.47. The average Bonchev–Trinajstić information content (AvgIpc) is 2.70. The largest absolute Gasteiger partial charge is 0.489 e. The summed E-state index contributed by atoms with van der Waals surface area (Å²) in [5.41, 5.74) is 6.22.